The van der Waals surface area contributed by atoms with Gasteiger partial charge < -0.3 is 14.0 Å². The number of fused-ring (bicyclic) bond motifs is 1. The third-order valence-corrected chi connectivity index (χ3v) is 4.86. The van der Waals surface area contributed by atoms with Gasteiger partial charge in [0.25, 0.3) is 0 Å². The standard InChI is InChI=1S/C18H23BO3/c1-17(2)18(3,4)22-19(21-17)16-11-10-13(12-20-5)14-8-6-7-9-15(14)16/h6-11H,12H2,1-5H3. The molecule has 1 aliphatic heterocycles. The van der Waals surface area contributed by atoms with Crippen molar-refractivity contribution in [2.45, 2.75) is 45.5 Å². The van der Waals surface area contributed by atoms with Gasteiger partial charge in [-0.05, 0) is 49.5 Å². The van der Waals surface area contributed by atoms with Crippen LogP contribution in [0.2, 0.25) is 0 Å². The Kier molecular flexibility index (Phi) is 3.80. The second-order valence-corrected chi connectivity index (χ2v) is 6.88. The highest BCUT2D eigenvalue weighted by Crippen LogP contribution is 2.37. The molecule has 0 aromatic heterocycles. The molecule has 0 bridgehead atoms. The summed E-state index contributed by atoms with van der Waals surface area (Å²) in [6, 6.07) is 12.5. The van der Waals surface area contributed by atoms with E-state index in [1.54, 1.807) is 7.11 Å². The van der Waals surface area contributed by atoms with E-state index < -0.39 is 0 Å². The van der Waals surface area contributed by atoms with Crippen LogP contribution < -0.4 is 5.46 Å². The maximum absolute atomic E-state index is 6.20. The zero-order valence-corrected chi connectivity index (χ0v) is 14.0. The van der Waals surface area contributed by atoms with Crippen molar-refractivity contribution in [3.05, 3.63) is 42.0 Å². The summed E-state index contributed by atoms with van der Waals surface area (Å²) in [4.78, 5) is 0. The summed E-state index contributed by atoms with van der Waals surface area (Å²) in [6.07, 6.45) is 0. The average molecular weight is 298 g/mol. The van der Waals surface area contributed by atoms with E-state index in [0.717, 1.165) is 10.8 Å². The number of hydrogen-bond donors (Lipinski definition) is 0. The zero-order valence-electron chi connectivity index (χ0n) is 14.0. The van der Waals surface area contributed by atoms with Crippen LogP contribution in [0.4, 0.5) is 0 Å². The molecule has 0 N–H and O–H groups in total. The fourth-order valence-corrected chi connectivity index (χ4v) is 2.84. The second kappa shape index (κ2) is 5.37. The summed E-state index contributed by atoms with van der Waals surface area (Å²) in [5.74, 6) is 0. The van der Waals surface area contributed by atoms with Crippen molar-refractivity contribution >= 4 is 23.4 Å². The molecule has 0 amide bonds. The largest absolute Gasteiger partial charge is 0.495 e. The Morgan fingerprint density at radius 1 is 0.909 bits per heavy atom. The van der Waals surface area contributed by atoms with Crippen LogP contribution in [-0.2, 0) is 20.7 Å². The molecule has 0 spiro atoms. The van der Waals surface area contributed by atoms with Crippen LogP contribution in [-0.4, -0.2) is 25.4 Å². The van der Waals surface area contributed by atoms with Gasteiger partial charge in [0.1, 0.15) is 0 Å². The van der Waals surface area contributed by atoms with Crippen LogP contribution in [0.5, 0.6) is 0 Å². The van der Waals surface area contributed by atoms with Crippen molar-refractivity contribution in [1.29, 1.82) is 0 Å². The Hall–Kier alpha value is -1.36. The summed E-state index contributed by atoms with van der Waals surface area (Å²) in [6.45, 7) is 8.91. The minimum Gasteiger partial charge on any atom is -0.399 e. The molecule has 1 heterocycles. The van der Waals surface area contributed by atoms with Crippen molar-refractivity contribution in [2.24, 2.45) is 0 Å². The van der Waals surface area contributed by atoms with Gasteiger partial charge in [0.05, 0.1) is 17.8 Å². The summed E-state index contributed by atoms with van der Waals surface area (Å²) in [5.41, 5.74) is 1.60. The van der Waals surface area contributed by atoms with Crippen LogP contribution in [0.3, 0.4) is 0 Å². The normalized spacial score (nSPS) is 19.8. The smallest absolute Gasteiger partial charge is 0.399 e. The molecule has 4 heteroatoms. The van der Waals surface area contributed by atoms with Crippen LogP contribution in [0.1, 0.15) is 33.3 Å². The second-order valence-electron chi connectivity index (χ2n) is 6.88. The first-order valence-corrected chi connectivity index (χ1v) is 7.71. The lowest BCUT2D eigenvalue weighted by Gasteiger charge is -2.32. The monoisotopic (exact) mass is 298 g/mol. The molecule has 0 aliphatic carbocycles. The van der Waals surface area contributed by atoms with Crippen LogP contribution in [0.25, 0.3) is 10.8 Å². The van der Waals surface area contributed by atoms with E-state index in [0.29, 0.717) is 6.61 Å². The number of rotatable bonds is 3. The molecule has 22 heavy (non-hydrogen) atoms. The minimum absolute atomic E-state index is 0.329. The fourth-order valence-electron chi connectivity index (χ4n) is 2.84. The lowest BCUT2D eigenvalue weighted by Crippen LogP contribution is -2.41. The van der Waals surface area contributed by atoms with Gasteiger partial charge in [-0.25, -0.2) is 0 Å². The van der Waals surface area contributed by atoms with Gasteiger partial charge in [-0.15, -0.1) is 0 Å². The Morgan fingerprint density at radius 2 is 1.50 bits per heavy atom. The third kappa shape index (κ3) is 2.45. The number of hydrogen-bond acceptors (Lipinski definition) is 3. The Bertz CT molecular complexity index is 678. The van der Waals surface area contributed by atoms with Gasteiger partial charge in [-0.1, -0.05) is 36.4 Å². The van der Waals surface area contributed by atoms with Crippen LogP contribution >= 0.6 is 0 Å². The first-order valence-electron chi connectivity index (χ1n) is 7.71. The van der Waals surface area contributed by atoms with Crippen molar-refractivity contribution in [1.82, 2.24) is 0 Å². The maximum Gasteiger partial charge on any atom is 0.495 e. The summed E-state index contributed by atoms with van der Waals surface area (Å²) in [7, 11) is 1.38. The van der Waals surface area contributed by atoms with E-state index in [1.165, 1.54) is 10.9 Å². The molecule has 116 valence electrons. The molecule has 0 atom stereocenters. The first-order chi connectivity index (χ1) is 10.4. The van der Waals surface area contributed by atoms with E-state index in [2.05, 4.69) is 58.0 Å². The number of benzene rings is 2. The molecule has 0 saturated carbocycles. The molecule has 1 saturated heterocycles. The lowest BCUT2D eigenvalue weighted by molar-refractivity contribution is 0.00578. The molecular formula is C18H23BO3. The molecular weight excluding hydrogens is 275 g/mol. The quantitative estimate of drug-likeness (QED) is 0.814. The Morgan fingerprint density at radius 3 is 2.09 bits per heavy atom. The van der Waals surface area contributed by atoms with Gasteiger partial charge in [0, 0.05) is 7.11 Å². The third-order valence-electron chi connectivity index (χ3n) is 4.86. The summed E-state index contributed by atoms with van der Waals surface area (Å²) >= 11 is 0. The highest BCUT2D eigenvalue weighted by atomic mass is 16.7. The van der Waals surface area contributed by atoms with Gasteiger partial charge in [-0.2, -0.15) is 0 Å². The van der Waals surface area contributed by atoms with Crippen LogP contribution in [0, 0.1) is 0 Å². The highest BCUT2D eigenvalue weighted by molar-refractivity contribution is 6.65. The van der Waals surface area contributed by atoms with Crippen molar-refractivity contribution in [3.63, 3.8) is 0 Å². The average Bonchev–Trinajstić information content (AvgIpc) is 2.68. The first kappa shape index (κ1) is 15.5. The van der Waals surface area contributed by atoms with Gasteiger partial charge in [0.2, 0.25) is 0 Å². The molecule has 3 rings (SSSR count). The Balaban J connectivity index is 2.08. The van der Waals surface area contributed by atoms with Crippen molar-refractivity contribution < 1.29 is 14.0 Å². The van der Waals surface area contributed by atoms with Crippen molar-refractivity contribution in [2.75, 3.05) is 7.11 Å². The maximum atomic E-state index is 6.20. The molecule has 0 radical (unpaired) electrons. The summed E-state index contributed by atoms with van der Waals surface area (Å²) in [5, 5.41) is 2.35. The van der Waals surface area contributed by atoms with Gasteiger partial charge >= 0.3 is 7.12 Å². The lowest BCUT2D eigenvalue weighted by atomic mass is 9.75. The fraction of sp³-hybridized carbons (Fsp3) is 0.444. The molecule has 3 nitrogen and oxygen atoms in total. The predicted molar refractivity (Wildman–Crippen MR) is 90.4 cm³/mol. The van der Waals surface area contributed by atoms with E-state index in [9.17, 15) is 0 Å². The van der Waals surface area contributed by atoms with Gasteiger partial charge in [-0.3, -0.25) is 0 Å². The number of methoxy groups -OCH3 is 1. The Labute approximate surface area is 132 Å². The van der Waals surface area contributed by atoms with E-state index in [-0.39, 0.29) is 18.3 Å². The zero-order chi connectivity index (χ0) is 16.0. The molecule has 1 aliphatic rings. The van der Waals surface area contributed by atoms with E-state index >= 15 is 0 Å². The van der Waals surface area contributed by atoms with Gasteiger partial charge in [0.15, 0.2) is 0 Å². The predicted octanol–water partition coefficient (Wildman–Crippen LogP) is 3.29. The van der Waals surface area contributed by atoms with Crippen molar-refractivity contribution in [3.8, 4) is 0 Å². The molecule has 2 aromatic carbocycles. The molecule has 1 fully saturated rings. The summed E-state index contributed by atoms with van der Waals surface area (Å²) < 4.78 is 17.7. The van der Waals surface area contributed by atoms with E-state index in [4.69, 9.17) is 14.0 Å². The molecule has 2 aromatic rings. The molecule has 0 unspecified atom stereocenters. The topological polar surface area (TPSA) is 27.7 Å². The minimum atomic E-state index is -0.341. The number of ether oxygens (including phenoxy) is 1. The van der Waals surface area contributed by atoms with Crippen LogP contribution in [0.15, 0.2) is 36.4 Å². The van der Waals surface area contributed by atoms with E-state index in [1.807, 2.05) is 6.07 Å². The SMILES string of the molecule is COCc1ccc(B2OC(C)(C)C(C)(C)O2)c2ccccc12. The highest BCUT2D eigenvalue weighted by Gasteiger charge is 2.52.